The zero-order valence-electron chi connectivity index (χ0n) is 12.7. The van der Waals surface area contributed by atoms with Crippen molar-refractivity contribution < 1.29 is 14.6 Å². The van der Waals surface area contributed by atoms with Gasteiger partial charge in [0.1, 0.15) is 0 Å². The zero-order valence-corrected chi connectivity index (χ0v) is 12.7. The van der Waals surface area contributed by atoms with Gasteiger partial charge >= 0.3 is 0 Å². The summed E-state index contributed by atoms with van der Waals surface area (Å²) in [6.07, 6.45) is 2.96. The highest BCUT2D eigenvalue weighted by atomic mass is 16.5. The van der Waals surface area contributed by atoms with Gasteiger partial charge in [-0.15, -0.1) is 0 Å². The van der Waals surface area contributed by atoms with Crippen LogP contribution in [0.2, 0.25) is 0 Å². The standard InChI is InChI=1S/C14H27N3O3/c1-12-10-17(7-8-20-12)11-13(18)9-15-14(19)5-4-6-16(2)3/h4-5,12-13,18H,6-11H2,1-3H3,(H,15,19)/b5-4+. The van der Waals surface area contributed by atoms with E-state index >= 15 is 0 Å². The normalized spacial score (nSPS) is 22.4. The van der Waals surface area contributed by atoms with E-state index in [4.69, 9.17) is 4.74 Å². The number of carbonyl (C=O) groups is 1. The van der Waals surface area contributed by atoms with Crippen molar-refractivity contribution in [2.75, 3.05) is 53.4 Å². The molecular weight excluding hydrogens is 258 g/mol. The molecule has 1 fully saturated rings. The fourth-order valence-electron chi connectivity index (χ4n) is 2.07. The fourth-order valence-corrected chi connectivity index (χ4v) is 2.07. The van der Waals surface area contributed by atoms with Gasteiger partial charge in [-0.2, -0.15) is 0 Å². The van der Waals surface area contributed by atoms with Crippen LogP contribution in [0.25, 0.3) is 0 Å². The molecule has 0 aromatic heterocycles. The van der Waals surface area contributed by atoms with Crippen LogP contribution in [-0.4, -0.2) is 86.4 Å². The average molecular weight is 285 g/mol. The van der Waals surface area contributed by atoms with Crippen LogP contribution in [0.4, 0.5) is 0 Å². The summed E-state index contributed by atoms with van der Waals surface area (Å²) in [6, 6.07) is 0. The highest BCUT2D eigenvalue weighted by Gasteiger charge is 2.19. The number of nitrogens with zero attached hydrogens (tertiary/aromatic N) is 2. The Kier molecular flexibility index (Phi) is 7.76. The van der Waals surface area contributed by atoms with Crippen molar-refractivity contribution in [3.05, 3.63) is 12.2 Å². The smallest absolute Gasteiger partial charge is 0.243 e. The van der Waals surface area contributed by atoms with E-state index in [9.17, 15) is 9.90 Å². The number of carbonyl (C=O) groups excluding carboxylic acids is 1. The van der Waals surface area contributed by atoms with Crippen LogP contribution < -0.4 is 5.32 Å². The van der Waals surface area contributed by atoms with Crippen molar-refractivity contribution in [1.82, 2.24) is 15.1 Å². The lowest BCUT2D eigenvalue weighted by Crippen LogP contribution is -2.46. The molecule has 2 N–H and O–H groups in total. The summed E-state index contributed by atoms with van der Waals surface area (Å²) >= 11 is 0. The number of aliphatic hydroxyl groups is 1. The van der Waals surface area contributed by atoms with Gasteiger partial charge in [0.15, 0.2) is 0 Å². The van der Waals surface area contributed by atoms with Crippen molar-refractivity contribution in [1.29, 1.82) is 0 Å². The van der Waals surface area contributed by atoms with Gasteiger partial charge in [-0.25, -0.2) is 0 Å². The van der Waals surface area contributed by atoms with Crippen LogP contribution in [0.15, 0.2) is 12.2 Å². The molecule has 1 heterocycles. The monoisotopic (exact) mass is 285 g/mol. The number of hydrogen-bond acceptors (Lipinski definition) is 5. The summed E-state index contributed by atoms with van der Waals surface area (Å²) in [5.74, 6) is -0.166. The molecule has 20 heavy (non-hydrogen) atoms. The Labute approximate surface area is 121 Å². The molecule has 1 saturated heterocycles. The highest BCUT2D eigenvalue weighted by molar-refractivity contribution is 5.87. The molecule has 0 radical (unpaired) electrons. The Hall–Kier alpha value is -0.950. The minimum atomic E-state index is -0.550. The van der Waals surface area contributed by atoms with Crippen LogP contribution in [0.3, 0.4) is 0 Å². The predicted molar refractivity (Wildman–Crippen MR) is 78.6 cm³/mol. The Morgan fingerprint density at radius 3 is 3.00 bits per heavy atom. The fraction of sp³-hybridized carbons (Fsp3) is 0.786. The molecule has 1 amide bonds. The number of nitrogens with one attached hydrogen (secondary N) is 1. The zero-order chi connectivity index (χ0) is 15.0. The second-order valence-corrected chi connectivity index (χ2v) is 5.50. The summed E-state index contributed by atoms with van der Waals surface area (Å²) in [5.41, 5.74) is 0. The van der Waals surface area contributed by atoms with Gasteiger partial charge in [0.05, 0.1) is 18.8 Å². The second kappa shape index (κ2) is 9.07. The van der Waals surface area contributed by atoms with E-state index in [0.29, 0.717) is 13.2 Å². The van der Waals surface area contributed by atoms with E-state index in [1.165, 1.54) is 6.08 Å². The van der Waals surface area contributed by atoms with Gasteiger partial charge in [-0.3, -0.25) is 9.69 Å². The van der Waals surface area contributed by atoms with Crippen molar-refractivity contribution in [2.45, 2.75) is 19.1 Å². The molecule has 0 aliphatic carbocycles. The van der Waals surface area contributed by atoms with E-state index in [-0.39, 0.29) is 18.6 Å². The van der Waals surface area contributed by atoms with Crippen LogP contribution >= 0.6 is 0 Å². The van der Waals surface area contributed by atoms with Gasteiger partial charge in [-0.1, -0.05) is 6.08 Å². The summed E-state index contributed by atoms with van der Waals surface area (Å²) in [5, 5.41) is 12.6. The molecule has 1 aliphatic rings. The van der Waals surface area contributed by atoms with E-state index in [1.54, 1.807) is 6.08 Å². The molecular formula is C14H27N3O3. The Morgan fingerprint density at radius 2 is 2.35 bits per heavy atom. The van der Waals surface area contributed by atoms with Crippen LogP contribution in [0, 0.1) is 0 Å². The number of rotatable bonds is 7. The molecule has 0 saturated carbocycles. The van der Waals surface area contributed by atoms with E-state index in [2.05, 4.69) is 10.2 Å². The average Bonchev–Trinajstić information content (AvgIpc) is 2.36. The maximum Gasteiger partial charge on any atom is 0.243 e. The molecule has 0 aromatic rings. The SMILES string of the molecule is CC1CN(CC(O)CNC(=O)/C=C/CN(C)C)CCO1. The number of hydrogen-bond donors (Lipinski definition) is 2. The lowest BCUT2D eigenvalue weighted by Gasteiger charge is -2.32. The van der Waals surface area contributed by atoms with E-state index in [1.807, 2.05) is 25.9 Å². The Balaban J connectivity index is 2.17. The molecule has 0 spiro atoms. The molecule has 2 unspecified atom stereocenters. The molecule has 2 atom stereocenters. The van der Waals surface area contributed by atoms with E-state index in [0.717, 1.165) is 19.6 Å². The summed E-state index contributed by atoms with van der Waals surface area (Å²) in [7, 11) is 3.88. The first-order chi connectivity index (χ1) is 9.47. The highest BCUT2D eigenvalue weighted by Crippen LogP contribution is 2.04. The Morgan fingerprint density at radius 1 is 1.60 bits per heavy atom. The van der Waals surface area contributed by atoms with Crippen molar-refractivity contribution in [2.24, 2.45) is 0 Å². The third kappa shape index (κ3) is 7.59. The van der Waals surface area contributed by atoms with Gasteiger partial charge in [-0.05, 0) is 21.0 Å². The number of amides is 1. The van der Waals surface area contributed by atoms with Gasteiger partial charge in [0.25, 0.3) is 0 Å². The molecule has 6 heteroatoms. The van der Waals surface area contributed by atoms with Crippen molar-refractivity contribution in [3.8, 4) is 0 Å². The predicted octanol–water partition coefficient (Wildman–Crippen LogP) is -0.698. The lowest BCUT2D eigenvalue weighted by molar-refractivity contribution is -0.117. The van der Waals surface area contributed by atoms with Crippen molar-refractivity contribution >= 4 is 5.91 Å². The van der Waals surface area contributed by atoms with Gasteiger partial charge < -0.3 is 20.1 Å². The van der Waals surface area contributed by atoms with Crippen LogP contribution in [0.5, 0.6) is 0 Å². The first-order valence-corrected chi connectivity index (χ1v) is 7.08. The van der Waals surface area contributed by atoms with Crippen molar-refractivity contribution in [3.63, 3.8) is 0 Å². The molecule has 1 aliphatic heterocycles. The summed E-state index contributed by atoms with van der Waals surface area (Å²) < 4.78 is 5.45. The van der Waals surface area contributed by atoms with Crippen LogP contribution in [-0.2, 0) is 9.53 Å². The second-order valence-electron chi connectivity index (χ2n) is 5.50. The quantitative estimate of drug-likeness (QED) is 0.606. The molecule has 1 rings (SSSR count). The third-order valence-corrected chi connectivity index (χ3v) is 3.05. The number of β-amino-alcohol motifs (C(OH)–C–C–N with tert-alkyl or cyclic N) is 1. The third-order valence-electron chi connectivity index (χ3n) is 3.05. The van der Waals surface area contributed by atoms with Gasteiger partial charge in [0, 0.05) is 38.8 Å². The lowest BCUT2D eigenvalue weighted by atomic mass is 10.2. The van der Waals surface area contributed by atoms with Crippen LogP contribution in [0.1, 0.15) is 6.92 Å². The minimum Gasteiger partial charge on any atom is -0.390 e. The number of morpholine rings is 1. The number of likely N-dealkylation sites (N-methyl/N-ethyl adjacent to an activating group) is 1. The van der Waals surface area contributed by atoms with Gasteiger partial charge in [0.2, 0.25) is 5.91 Å². The first-order valence-electron chi connectivity index (χ1n) is 7.08. The summed E-state index contributed by atoms with van der Waals surface area (Å²) in [4.78, 5) is 15.6. The topological polar surface area (TPSA) is 65.0 Å². The molecule has 6 nitrogen and oxygen atoms in total. The number of aliphatic hydroxyl groups excluding tert-OH is 1. The maximum atomic E-state index is 11.5. The summed E-state index contributed by atoms with van der Waals surface area (Å²) in [6.45, 7) is 5.95. The number of ether oxygens (including phenoxy) is 1. The molecule has 0 aromatic carbocycles. The molecule has 0 bridgehead atoms. The first kappa shape index (κ1) is 17.1. The maximum absolute atomic E-state index is 11.5. The Bertz CT molecular complexity index is 321. The molecule has 116 valence electrons. The van der Waals surface area contributed by atoms with E-state index < -0.39 is 6.10 Å². The minimum absolute atomic E-state index is 0.166. The largest absolute Gasteiger partial charge is 0.390 e.